The molecule has 626 valence electrons. The zero-order valence-electron chi connectivity index (χ0n) is 62.6. The Balaban J connectivity index is 0.000000162. The topological polar surface area (TPSA) is 226 Å². The highest BCUT2D eigenvalue weighted by atomic mass is 19.4. The molecule has 0 saturated carbocycles. The Hall–Kier alpha value is -10.0. The largest absolute Gasteiger partial charge is 0.416 e. The summed E-state index contributed by atoms with van der Waals surface area (Å²) >= 11 is 0. The summed E-state index contributed by atoms with van der Waals surface area (Å²) in [5.41, 5.74) is -11.4. The molecule has 0 spiro atoms. The summed E-state index contributed by atoms with van der Waals surface area (Å²) in [6, 6.07) is 34.1. The van der Waals surface area contributed by atoms with Crippen molar-refractivity contribution in [1.29, 1.82) is 5.26 Å². The van der Waals surface area contributed by atoms with E-state index in [9.17, 15) is 98.7 Å². The first-order valence-electron chi connectivity index (χ1n) is 36.8. The number of fused-ring (bicyclic) bond motifs is 6. The van der Waals surface area contributed by atoms with Gasteiger partial charge >= 0.3 is 37.1 Å². The average molecular weight is 1660 g/mol. The minimum atomic E-state index is -4.96. The molecule has 0 radical (unpaired) electrons. The molecular formula is C80H77F18N11O8. The van der Waals surface area contributed by atoms with Gasteiger partial charge < -0.3 is 39.2 Å². The molecule has 19 nitrogen and oxygen atoms in total. The van der Waals surface area contributed by atoms with E-state index < -0.39 is 122 Å². The van der Waals surface area contributed by atoms with Crippen LogP contribution in [0.2, 0.25) is 0 Å². The first-order chi connectivity index (χ1) is 54.9. The van der Waals surface area contributed by atoms with E-state index in [1.54, 1.807) is 0 Å². The first-order valence-corrected chi connectivity index (χ1v) is 36.8. The number of aromatic nitrogens is 4. The number of hydrogen-bond donors (Lipinski definition) is 3. The SMILES string of the molecule is C[C@@H](OC[C@@]1(c2ccccc2)CC[C@]2(CC#N)CN1CC(=O)N2)c1cc(C(F)(F)F)cc(C(F)(F)F)c1.C[C@@H](OC[C@@]1(c2ccccc2)CC[C@]2(Cc3ncon3)CN1CC(=O)N2)c1cc(C(F)(F)F)cc(C(F)(F)F)c1.C[C@@H](OC[C@@]1(c2ccccc2)CC[C@]2(Cc3ncon3)CN1CC(=O)N2)c1cc(C(F)(F)F)cc(C(F)(F)F)c1. The first kappa shape index (κ1) is 86.3. The number of amides is 3. The molecule has 6 aromatic carbocycles. The number of piperazine rings is 3. The highest BCUT2D eigenvalue weighted by Gasteiger charge is 2.57. The maximum atomic E-state index is 13.4. The third-order valence-corrected chi connectivity index (χ3v) is 22.7. The number of nitrogens with zero attached hydrogens (tertiary/aromatic N) is 8. The third kappa shape index (κ3) is 19.4. The molecule has 6 saturated heterocycles. The molecule has 37 heteroatoms. The van der Waals surface area contributed by atoms with Gasteiger partial charge in [0.1, 0.15) is 0 Å². The second-order valence-electron chi connectivity index (χ2n) is 30.5. The standard InChI is InChI=1S/2C27H26F6N4O3.C26H25F6N3O2/c2*1-17(18-9-20(26(28,29)30)11-21(10-18)27(31,32)33)39-15-25(19-5-3-2-4-6-19)8-7-24(12-22-34-16-40-36-22)14-37(25)13-23(38)35-24;1-17(18-11-20(25(27,28)29)13-21(12-18)26(30,31)32)37-16-24(19-5-3-2-4-6-19)8-7-23(9-10-33)15-35(24)14-22(36)34-23/h2*2-6,9-11,16-17H,7-8,12-15H2,1H3,(H,35,38);2-6,11-13,17H,7-9,14-16H2,1H3,(H,34,36)/t2*17-,24+,25-;17-,23+,24-/m111/s1. The zero-order valence-corrected chi connectivity index (χ0v) is 62.6. The van der Waals surface area contributed by atoms with Crippen LogP contribution in [0, 0.1) is 11.3 Å². The summed E-state index contributed by atoms with van der Waals surface area (Å²) in [5.74, 6) is 0.154. The maximum absolute atomic E-state index is 13.4. The number of rotatable bonds is 20. The van der Waals surface area contributed by atoms with Crippen molar-refractivity contribution in [2.24, 2.45) is 0 Å². The molecule has 3 N–H and O–H groups in total. The lowest BCUT2D eigenvalue weighted by Crippen LogP contribution is -2.72. The van der Waals surface area contributed by atoms with Gasteiger partial charge in [0.15, 0.2) is 11.6 Å². The molecule has 6 aliphatic heterocycles. The molecule has 8 heterocycles. The third-order valence-electron chi connectivity index (χ3n) is 22.7. The molecule has 8 aromatic rings. The second kappa shape index (κ2) is 33.1. The summed E-state index contributed by atoms with van der Waals surface area (Å²) in [7, 11) is 0. The molecule has 6 aliphatic rings. The van der Waals surface area contributed by atoms with Crippen molar-refractivity contribution in [3.63, 3.8) is 0 Å². The van der Waals surface area contributed by atoms with Crippen molar-refractivity contribution in [2.45, 2.75) is 167 Å². The Morgan fingerprint density at radius 2 is 0.658 bits per heavy atom. The lowest BCUT2D eigenvalue weighted by molar-refractivity contribution is -0.146. The minimum Gasteiger partial charge on any atom is -0.372 e. The van der Waals surface area contributed by atoms with Crippen LogP contribution in [0.25, 0.3) is 0 Å². The summed E-state index contributed by atoms with van der Waals surface area (Å²) < 4.78 is 269. The van der Waals surface area contributed by atoms with Gasteiger partial charge in [0.25, 0.3) is 0 Å². The lowest BCUT2D eigenvalue weighted by Gasteiger charge is -2.57. The van der Waals surface area contributed by atoms with Crippen molar-refractivity contribution in [3.8, 4) is 6.07 Å². The number of alkyl halides is 18. The van der Waals surface area contributed by atoms with Crippen molar-refractivity contribution in [1.82, 2.24) is 50.9 Å². The molecule has 14 rings (SSSR count). The number of hydrogen-bond acceptors (Lipinski definition) is 16. The van der Waals surface area contributed by atoms with Crippen molar-refractivity contribution >= 4 is 17.7 Å². The molecular weight excluding hydrogens is 1580 g/mol. The minimum absolute atomic E-state index is 0.0155. The lowest BCUT2D eigenvalue weighted by atomic mass is 9.72. The maximum Gasteiger partial charge on any atom is 0.416 e. The van der Waals surface area contributed by atoms with Gasteiger partial charge in [-0.3, -0.25) is 29.1 Å². The van der Waals surface area contributed by atoms with Gasteiger partial charge in [-0.25, -0.2) is 0 Å². The quantitative estimate of drug-likeness (QED) is 0.0603. The fraction of sp³-hybridized carbons (Fsp3) is 0.450. The van der Waals surface area contributed by atoms with Crippen molar-refractivity contribution in [2.75, 3.05) is 59.1 Å². The van der Waals surface area contributed by atoms with Crippen LogP contribution in [0.3, 0.4) is 0 Å². The number of ether oxygens (including phenoxy) is 3. The van der Waals surface area contributed by atoms with E-state index in [0.717, 1.165) is 16.7 Å². The summed E-state index contributed by atoms with van der Waals surface area (Å²) in [4.78, 5) is 52.3. The van der Waals surface area contributed by atoms with E-state index >= 15 is 0 Å². The molecule has 2 aromatic heterocycles. The van der Waals surface area contributed by atoms with E-state index in [1.165, 1.54) is 33.6 Å². The number of carbonyl (C=O) groups excluding carboxylic acids is 3. The van der Waals surface area contributed by atoms with Crippen LogP contribution in [-0.2, 0) is 95.1 Å². The number of piperidine rings is 3. The number of carbonyl (C=O) groups is 3. The van der Waals surface area contributed by atoms with Crippen LogP contribution in [0.4, 0.5) is 79.0 Å². The highest BCUT2D eigenvalue weighted by molar-refractivity contribution is 5.81. The van der Waals surface area contributed by atoms with Gasteiger partial charge in [-0.15, -0.1) is 0 Å². The number of halogens is 18. The smallest absolute Gasteiger partial charge is 0.372 e. The Morgan fingerprint density at radius 1 is 0.402 bits per heavy atom. The van der Waals surface area contributed by atoms with Crippen LogP contribution in [-0.4, -0.2) is 128 Å². The summed E-state index contributed by atoms with van der Waals surface area (Å²) in [5, 5.41) is 26.1. The normalized spacial score (nSPS) is 26.2. The van der Waals surface area contributed by atoms with Gasteiger partial charge in [-0.2, -0.15) is 94.3 Å². The molecule has 3 unspecified atom stereocenters. The van der Waals surface area contributed by atoms with E-state index in [1.807, 2.05) is 106 Å². The monoisotopic (exact) mass is 1660 g/mol. The van der Waals surface area contributed by atoms with Gasteiger partial charge in [0, 0.05) is 32.5 Å². The predicted molar refractivity (Wildman–Crippen MR) is 378 cm³/mol. The Kier molecular flexibility index (Phi) is 24.4. The van der Waals surface area contributed by atoms with Crippen LogP contribution < -0.4 is 16.0 Å². The average Bonchev–Trinajstić information content (AvgIpc) is 1.06. The Morgan fingerprint density at radius 3 is 0.906 bits per heavy atom. The summed E-state index contributed by atoms with van der Waals surface area (Å²) in [6.07, 6.45) is -27.0. The van der Waals surface area contributed by atoms with Crippen molar-refractivity contribution < 1.29 is 117 Å². The van der Waals surface area contributed by atoms with Crippen LogP contribution >= 0.6 is 0 Å². The number of benzene rings is 6. The highest BCUT2D eigenvalue weighted by Crippen LogP contribution is 2.50. The van der Waals surface area contributed by atoms with Gasteiger partial charge in [-0.1, -0.05) is 101 Å². The molecule has 6 fully saturated rings. The molecule has 3 amide bonds. The van der Waals surface area contributed by atoms with Crippen molar-refractivity contribution in [3.05, 3.63) is 237 Å². The van der Waals surface area contributed by atoms with Gasteiger partial charge in [0.05, 0.1) is 137 Å². The van der Waals surface area contributed by atoms with E-state index in [-0.39, 0.29) is 98.5 Å². The van der Waals surface area contributed by atoms with E-state index in [2.05, 4.69) is 42.3 Å². The van der Waals surface area contributed by atoms with Gasteiger partial charge in [-0.05, 0) is 147 Å². The zero-order chi connectivity index (χ0) is 84.6. The van der Waals surface area contributed by atoms with Crippen LogP contribution in [0.15, 0.2) is 167 Å². The van der Waals surface area contributed by atoms with Crippen LogP contribution in [0.5, 0.6) is 0 Å². The molecule has 12 atom stereocenters. The van der Waals surface area contributed by atoms with Gasteiger partial charge in [0.2, 0.25) is 30.5 Å². The summed E-state index contributed by atoms with van der Waals surface area (Å²) in [6.45, 7) is 5.27. The van der Waals surface area contributed by atoms with Crippen LogP contribution in [0.1, 0.15) is 162 Å². The fourth-order valence-electron chi connectivity index (χ4n) is 16.6. The predicted octanol–water partition coefficient (Wildman–Crippen LogP) is 16.2. The number of nitriles is 1. The molecule has 117 heavy (non-hydrogen) atoms. The molecule has 0 aliphatic carbocycles. The fourth-order valence-corrected chi connectivity index (χ4v) is 16.6. The van der Waals surface area contributed by atoms with E-state index in [0.29, 0.717) is 119 Å². The Labute approximate surface area is 657 Å². The van der Waals surface area contributed by atoms with E-state index in [4.69, 9.17) is 23.3 Å². The second-order valence-corrected chi connectivity index (χ2v) is 30.5. The number of nitrogens with one attached hydrogen (secondary N) is 3. The molecule has 6 bridgehead atoms. The Bertz CT molecular complexity index is 4540.